The van der Waals surface area contributed by atoms with Gasteiger partial charge >= 0.3 is 0 Å². The summed E-state index contributed by atoms with van der Waals surface area (Å²) in [5.41, 5.74) is 0. The smallest absolute Gasteiger partial charge is 0.246 e. The van der Waals surface area contributed by atoms with Crippen LogP contribution in [0.3, 0.4) is 0 Å². The molecular weight excluding hydrogens is 312 g/mol. The third-order valence-corrected chi connectivity index (χ3v) is 6.36. The fourth-order valence-electron chi connectivity index (χ4n) is 3.17. The van der Waals surface area contributed by atoms with Gasteiger partial charge in [0, 0.05) is 29.8 Å². The maximum atomic E-state index is 12.6. The van der Waals surface area contributed by atoms with Crippen molar-refractivity contribution in [2.45, 2.75) is 25.3 Å². The fraction of sp³-hybridized carbons (Fsp3) is 0.588. The summed E-state index contributed by atoms with van der Waals surface area (Å²) in [6.45, 7) is 4.35. The summed E-state index contributed by atoms with van der Waals surface area (Å²) in [5.74, 6) is 2.43. The van der Waals surface area contributed by atoms with Crippen LogP contribution >= 0.6 is 23.1 Å². The summed E-state index contributed by atoms with van der Waals surface area (Å²) in [4.78, 5) is 18.4. The van der Waals surface area contributed by atoms with E-state index in [1.165, 1.54) is 31.7 Å². The van der Waals surface area contributed by atoms with Gasteiger partial charge in [0.2, 0.25) is 5.91 Å². The average molecular weight is 337 g/mol. The van der Waals surface area contributed by atoms with Gasteiger partial charge < -0.3 is 9.80 Å². The maximum Gasteiger partial charge on any atom is 0.246 e. The number of thiophene rings is 1. The molecule has 2 saturated heterocycles. The fourth-order valence-corrected chi connectivity index (χ4v) is 4.84. The van der Waals surface area contributed by atoms with Gasteiger partial charge in [-0.1, -0.05) is 6.07 Å². The van der Waals surface area contributed by atoms with Gasteiger partial charge in [0.15, 0.2) is 0 Å². The van der Waals surface area contributed by atoms with Gasteiger partial charge in [-0.05, 0) is 55.6 Å². The molecule has 0 bridgehead atoms. The summed E-state index contributed by atoms with van der Waals surface area (Å²) in [6, 6.07) is 4.44. The van der Waals surface area contributed by atoms with Gasteiger partial charge in [0.25, 0.3) is 0 Å². The predicted octanol–water partition coefficient (Wildman–Crippen LogP) is 3.19. The van der Waals surface area contributed by atoms with Crippen molar-refractivity contribution in [2.75, 3.05) is 37.7 Å². The lowest BCUT2D eigenvalue weighted by Gasteiger charge is -2.32. The topological polar surface area (TPSA) is 23.6 Å². The van der Waals surface area contributed by atoms with Crippen molar-refractivity contribution in [2.24, 2.45) is 0 Å². The lowest BCUT2D eigenvalue weighted by molar-refractivity contribution is -0.128. The van der Waals surface area contributed by atoms with Crippen LogP contribution in [0.15, 0.2) is 23.6 Å². The molecule has 0 aromatic carbocycles. The van der Waals surface area contributed by atoms with E-state index in [0.717, 1.165) is 30.1 Å². The number of amides is 1. The number of nitrogens with zero attached hydrogens (tertiary/aromatic N) is 2. The molecule has 0 spiro atoms. The molecule has 120 valence electrons. The van der Waals surface area contributed by atoms with Gasteiger partial charge in [-0.15, -0.1) is 11.3 Å². The van der Waals surface area contributed by atoms with E-state index in [2.05, 4.69) is 15.9 Å². The van der Waals surface area contributed by atoms with Gasteiger partial charge in [-0.2, -0.15) is 11.8 Å². The number of carbonyl (C=O) groups is 1. The van der Waals surface area contributed by atoms with Crippen molar-refractivity contribution in [3.05, 3.63) is 28.5 Å². The number of carbonyl (C=O) groups excluding carboxylic acids is 1. The second kappa shape index (κ2) is 8.18. The van der Waals surface area contributed by atoms with E-state index >= 15 is 0 Å². The highest BCUT2D eigenvalue weighted by molar-refractivity contribution is 7.99. The molecule has 3 heterocycles. The molecule has 0 N–H and O–H groups in total. The quantitative estimate of drug-likeness (QED) is 0.789. The Kier molecular flexibility index (Phi) is 5.98. The number of likely N-dealkylation sites (tertiary alicyclic amines) is 1. The Morgan fingerprint density at radius 3 is 2.91 bits per heavy atom. The largest absolute Gasteiger partial charge is 0.334 e. The van der Waals surface area contributed by atoms with E-state index in [-0.39, 0.29) is 5.91 Å². The molecule has 2 aliphatic heterocycles. The maximum absolute atomic E-state index is 12.6. The summed E-state index contributed by atoms with van der Waals surface area (Å²) < 4.78 is 0. The Labute approximate surface area is 141 Å². The Balaban J connectivity index is 1.64. The summed E-state index contributed by atoms with van der Waals surface area (Å²) >= 11 is 3.67. The second-order valence-corrected chi connectivity index (χ2v) is 8.10. The Morgan fingerprint density at radius 1 is 1.27 bits per heavy atom. The lowest BCUT2D eigenvalue weighted by Crippen LogP contribution is -2.47. The SMILES string of the molecule is O=C(C=Cc1cccs1)N1CCCSCC1CN1CCCC1. The molecule has 5 heteroatoms. The zero-order valence-electron chi connectivity index (χ0n) is 12.9. The Hall–Kier alpha value is -0.780. The van der Waals surface area contributed by atoms with Crippen LogP contribution in [0, 0.1) is 0 Å². The molecule has 3 rings (SSSR count). The third kappa shape index (κ3) is 4.37. The van der Waals surface area contributed by atoms with Crippen LogP contribution in [0.4, 0.5) is 0 Å². The summed E-state index contributed by atoms with van der Waals surface area (Å²) in [5, 5.41) is 2.04. The number of hydrogen-bond donors (Lipinski definition) is 0. The first-order valence-corrected chi connectivity index (χ1v) is 10.2. The number of hydrogen-bond acceptors (Lipinski definition) is 4. The summed E-state index contributed by atoms with van der Waals surface area (Å²) in [7, 11) is 0. The first kappa shape index (κ1) is 16.1. The van der Waals surface area contributed by atoms with Crippen molar-refractivity contribution < 1.29 is 4.79 Å². The number of thioether (sulfide) groups is 1. The molecular formula is C17H24N2OS2. The lowest BCUT2D eigenvalue weighted by atomic mass is 10.2. The first-order chi connectivity index (χ1) is 10.8. The minimum Gasteiger partial charge on any atom is -0.334 e. The van der Waals surface area contributed by atoms with Crippen LogP contribution in [0.25, 0.3) is 6.08 Å². The molecule has 1 aromatic rings. The monoisotopic (exact) mass is 336 g/mol. The van der Waals surface area contributed by atoms with Gasteiger partial charge in [0.1, 0.15) is 0 Å². The first-order valence-electron chi connectivity index (χ1n) is 8.15. The van der Waals surface area contributed by atoms with Crippen LogP contribution in [0.5, 0.6) is 0 Å². The van der Waals surface area contributed by atoms with Crippen LogP contribution in [-0.4, -0.2) is 59.4 Å². The van der Waals surface area contributed by atoms with E-state index in [9.17, 15) is 4.79 Å². The molecule has 3 nitrogen and oxygen atoms in total. The van der Waals surface area contributed by atoms with Crippen LogP contribution in [0.1, 0.15) is 24.1 Å². The van der Waals surface area contributed by atoms with Crippen molar-refractivity contribution in [3.63, 3.8) is 0 Å². The molecule has 1 atom stereocenters. The van der Waals surface area contributed by atoms with Gasteiger partial charge in [0.05, 0.1) is 6.04 Å². The Bertz CT molecular complexity index is 495. The molecule has 1 aromatic heterocycles. The standard InChI is InChI=1S/C17H24N2OS2/c20-17(7-6-16-5-3-12-22-16)19-10-4-11-21-14-15(19)13-18-8-1-2-9-18/h3,5-7,12,15H,1-2,4,8-11,13-14H2. The molecule has 2 fully saturated rings. The molecule has 1 amide bonds. The minimum atomic E-state index is 0.181. The molecule has 0 aliphatic carbocycles. The zero-order chi connectivity index (χ0) is 15.2. The highest BCUT2D eigenvalue weighted by atomic mass is 32.2. The van der Waals surface area contributed by atoms with Crippen molar-refractivity contribution in [1.82, 2.24) is 9.80 Å². The van der Waals surface area contributed by atoms with Gasteiger partial charge in [-0.3, -0.25) is 4.79 Å². The average Bonchev–Trinajstić information content (AvgIpc) is 3.16. The normalized spacial score (nSPS) is 24.0. The van der Waals surface area contributed by atoms with Crippen molar-refractivity contribution in [3.8, 4) is 0 Å². The molecule has 0 radical (unpaired) electrons. The van der Waals surface area contributed by atoms with E-state index in [0.29, 0.717) is 6.04 Å². The molecule has 1 unspecified atom stereocenters. The van der Waals surface area contributed by atoms with Crippen LogP contribution in [-0.2, 0) is 4.79 Å². The second-order valence-electron chi connectivity index (χ2n) is 5.97. The Morgan fingerprint density at radius 2 is 2.14 bits per heavy atom. The van der Waals surface area contributed by atoms with Crippen LogP contribution < -0.4 is 0 Å². The zero-order valence-corrected chi connectivity index (χ0v) is 14.6. The minimum absolute atomic E-state index is 0.181. The predicted molar refractivity (Wildman–Crippen MR) is 96.5 cm³/mol. The highest BCUT2D eigenvalue weighted by Gasteiger charge is 2.27. The molecule has 0 saturated carbocycles. The van der Waals surface area contributed by atoms with Crippen molar-refractivity contribution >= 4 is 35.1 Å². The number of rotatable bonds is 4. The molecule has 2 aliphatic rings. The van der Waals surface area contributed by atoms with Gasteiger partial charge in [-0.25, -0.2) is 0 Å². The van der Waals surface area contributed by atoms with E-state index in [1.54, 1.807) is 17.4 Å². The van der Waals surface area contributed by atoms with E-state index in [4.69, 9.17) is 0 Å². The summed E-state index contributed by atoms with van der Waals surface area (Å²) in [6.07, 6.45) is 7.45. The van der Waals surface area contributed by atoms with Crippen LogP contribution in [0.2, 0.25) is 0 Å². The van der Waals surface area contributed by atoms with E-state index in [1.807, 2.05) is 29.3 Å². The van der Waals surface area contributed by atoms with E-state index < -0.39 is 0 Å². The molecule has 22 heavy (non-hydrogen) atoms. The highest BCUT2D eigenvalue weighted by Crippen LogP contribution is 2.20. The van der Waals surface area contributed by atoms with Crippen molar-refractivity contribution in [1.29, 1.82) is 0 Å². The third-order valence-electron chi connectivity index (χ3n) is 4.32.